The van der Waals surface area contributed by atoms with Gasteiger partial charge in [-0.2, -0.15) is 0 Å². The van der Waals surface area contributed by atoms with E-state index in [0.29, 0.717) is 6.54 Å². The summed E-state index contributed by atoms with van der Waals surface area (Å²) in [4.78, 5) is 11.7. The highest BCUT2D eigenvalue weighted by molar-refractivity contribution is 5.89. The van der Waals surface area contributed by atoms with Crippen LogP contribution in [0.1, 0.15) is 6.42 Å². The van der Waals surface area contributed by atoms with E-state index in [2.05, 4.69) is 20.7 Å². The van der Waals surface area contributed by atoms with E-state index in [1.807, 2.05) is 0 Å². The van der Waals surface area contributed by atoms with Gasteiger partial charge in [0, 0.05) is 5.69 Å². The van der Waals surface area contributed by atoms with Gasteiger partial charge in [-0.25, -0.2) is 13.6 Å². The second-order valence-electron chi connectivity index (χ2n) is 4.95. The van der Waals surface area contributed by atoms with Crippen molar-refractivity contribution in [1.29, 1.82) is 0 Å². The summed E-state index contributed by atoms with van der Waals surface area (Å²) in [6, 6.07) is 2.17. The van der Waals surface area contributed by atoms with Crippen molar-refractivity contribution >= 4 is 11.7 Å². The molecule has 1 aliphatic heterocycles. The van der Waals surface area contributed by atoms with Gasteiger partial charge in [0.15, 0.2) is 0 Å². The fourth-order valence-corrected chi connectivity index (χ4v) is 2.08. The summed E-state index contributed by atoms with van der Waals surface area (Å²) in [5.74, 6) is -3.52. The van der Waals surface area contributed by atoms with Crippen LogP contribution in [0.15, 0.2) is 24.3 Å². The van der Waals surface area contributed by atoms with Crippen LogP contribution in [0.25, 0.3) is 0 Å². The number of carbonyl (C=O) groups excluding carboxylic acids is 1. The first-order chi connectivity index (χ1) is 10.7. The SMILES string of the molecule is O=C(Nc1ccc(OC(F)(F)F)cc1)NC1CCNCC1(F)F. The summed E-state index contributed by atoms with van der Waals surface area (Å²) in [5.41, 5.74) is 0.147. The predicted molar refractivity (Wildman–Crippen MR) is 71.5 cm³/mol. The third-order valence-corrected chi connectivity index (χ3v) is 3.13. The summed E-state index contributed by atoms with van der Waals surface area (Å²) in [6.07, 6.45) is -4.74. The molecule has 1 unspecified atom stereocenters. The number of nitrogens with one attached hydrogen (secondary N) is 3. The number of rotatable bonds is 3. The quantitative estimate of drug-likeness (QED) is 0.742. The minimum Gasteiger partial charge on any atom is -0.406 e. The van der Waals surface area contributed by atoms with Gasteiger partial charge in [-0.15, -0.1) is 13.2 Å². The molecule has 0 radical (unpaired) electrons. The fraction of sp³-hybridized carbons (Fsp3) is 0.462. The zero-order chi connectivity index (χ0) is 17.1. The van der Waals surface area contributed by atoms with Crippen LogP contribution in [0, 0.1) is 0 Å². The highest BCUT2D eigenvalue weighted by Gasteiger charge is 2.42. The fourth-order valence-electron chi connectivity index (χ4n) is 2.08. The number of piperidine rings is 1. The Morgan fingerprint density at radius 2 is 1.91 bits per heavy atom. The average Bonchev–Trinajstić information content (AvgIpc) is 2.42. The Labute approximate surface area is 128 Å². The number of anilines is 1. The van der Waals surface area contributed by atoms with Gasteiger partial charge in [0.25, 0.3) is 5.92 Å². The third kappa shape index (κ3) is 5.23. The number of hydrogen-bond donors (Lipinski definition) is 3. The summed E-state index contributed by atoms with van der Waals surface area (Å²) >= 11 is 0. The minimum absolute atomic E-state index is 0.0682. The second kappa shape index (κ2) is 6.57. The van der Waals surface area contributed by atoms with Crippen LogP contribution in [0.4, 0.5) is 32.4 Å². The standard InChI is InChI=1S/C13H14F5N3O2/c14-12(15)7-19-6-5-10(12)21-11(22)20-8-1-3-9(4-2-8)23-13(16,17)18/h1-4,10,19H,5-7H2,(H2,20,21,22). The van der Waals surface area contributed by atoms with Crippen LogP contribution >= 0.6 is 0 Å². The Kier molecular flexibility index (Phi) is 4.93. The number of benzene rings is 1. The molecule has 5 nitrogen and oxygen atoms in total. The molecule has 1 aliphatic rings. The lowest BCUT2D eigenvalue weighted by Gasteiger charge is -2.32. The van der Waals surface area contributed by atoms with E-state index in [4.69, 9.17) is 0 Å². The smallest absolute Gasteiger partial charge is 0.406 e. The summed E-state index contributed by atoms with van der Waals surface area (Å²) in [6.45, 7) is -0.175. The number of ether oxygens (including phenoxy) is 1. The van der Waals surface area contributed by atoms with E-state index in [1.54, 1.807) is 0 Å². The van der Waals surface area contributed by atoms with Crippen molar-refractivity contribution in [3.8, 4) is 5.75 Å². The van der Waals surface area contributed by atoms with E-state index in [-0.39, 0.29) is 12.1 Å². The van der Waals surface area contributed by atoms with Crippen LogP contribution in [0.3, 0.4) is 0 Å². The van der Waals surface area contributed by atoms with Crippen molar-refractivity contribution in [3.63, 3.8) is 0 Å². The molecule has 1 saturated heterocycles. The number of hydrogen-bond acceptors (Lipinski definition) is 3. The third-order valence-electron chi connectivity index (χ3n) is 3.13. The monoisotopic (exact) mass is 339 g/mol. The molecule has 128 valence electrons. The van der Waals surface area contributed by atoms with Crippen LogP contribution < -0.4 is 20.7 Å². The average molecular weight is 339 g/mol. The van der Waals surface area contributed by atoms with Crippen molar-refractivity contribution in [2.45, 2.75) is 24.7 Å². The number of amides is 2. The van der Waals surface area contributed by atoms with Crippen molar-refractivity contribution in [1.82, 2.24) is 10.6 Å². The molecule has 0 bridgehead atoms. The van der Waals surface area contributed by atoms with E-state index >= 15 is 0 Å². The van der Waals surface area contributed by atoms with Gasteiger partial charge in [0.2, 0.25) is 0 Å². The van der Waals surface area contributed by atoms with Gasteiger partial charge >= 0.3 is 12.4 Å². The lowest BCUT2D eigenvalue weighted by molar-refractivity contribution is -0.274. The zero-order valence-electron chi connectivity index (χ0n) is 11.7. The van der Waals surface area contributed by atoms with Gasteiger partial charge in [-0.05, 0) is 37.2 Å². The van der Waals surface area contributed by atoms with Gasteiger partial charge in [-0.3, -0.25) is 0 Å². The van der Waals surface area contributed by atoms with Crippen molar-refractivity contribution in [3.05, 3.63) is 24.3 Å². The molecule has 23 heavy (non-hydrogen) atoms. The molecule has 10 heteroatoms. The van der Waals surface area contributed by atoms with Crippen LogP contribution in [-0.4, -0.2) is 37.4 Å². The Hall–Kier alpha value is -2.10. The molecule has 0 saturated carbocycles. The molecular formula is C13H14F5N3O2. The Morgan fingerprint density at radius 1 is 1.26 bits per heavy atom. The molecule has 3 N–H and O–H groups in total. The summed E-state index contributed by atoms with van der Waals surface area (Å²) < 4.78 is 66.8. The largest absolute Gasteiger partial charge is 0.573 e. The maximum absolute atomic E-state index is 13.6. The molecule has 1 heterocycles. The van der Waals surface area contributed by atoms with Gasteiger partial charge < -0.3 is 20.7 Å². The number of halogens is 5. The summed E-state index contributed by atoms with van der Waals surface area (Å²) in [5, 5.41) is 6.96. The van der Waals surface area contributed by atoms with Gasteiger partial charge in [0.05, 0.1) is 12.6 Å². The van der Waals surface area contributed by atoms with Crippen LogP contribution in [0.2, 0.25) is 0 Å². The van der Waals surface area contributed by atoms with E-state index in [0.717, 1.165) is 12.1 Å². The molecule has 2 rings (SSSR count). The van der Waals surface area contributed by atoms with Crippen molar-refractivity contribution < 1.29 is 31.5 Å². The predicted octanol–water partition coefficient (Wildman–Crippen LogP) is 2.70. The maximum Gasteiger partial charge on any atom is 0.573 e. The van der Waals surface area contributed by atoms with Gasteiger partial charge in [-0.1, -0.05) is 0 Å². The zero-order valence-corrected chi connectivity index (χ0v) is 11.7. The molecule has 0 aromatic heterocycles. The molecule has 1 aromatic carbocycles. The maximum atomic E-state index is 13.6. The van der Waals surface area contributed by atoms with Crippen LogP contribution in [0.5, 0.6) is 5.75 Å². The second-order valence-corrected chi connectivity index (χ2v) is 4.95. The summed E-state index contributed by atoms with van der Waals surface area (Å²) in [7, 11) is 0. The molecule has 0 spiro atoms. The number of urea groups is 1. The number of alkyl halides is 5. The first-order valence-electron chi connectivity index (χ1n) is 6.67. The van der Waals surface area contributed by atoms with E-state index < -0.39 is 36.7 Å². The molecule has 1 aromatic rings. The molecular weight excluding hydrogens is 325 g/mol. The highest BCUT2D eigenvalue weighted by Crippen LogP contribution is 2.25. The lowest BCUT2D eigenvalue weighted by atomic mass is 10.0. The Balaban J connectivity index is 1.90. The van der Waals surface area contributed by atoms with E-state index in [1.165, 1.54) is 12.1 Å². The molecule has 2 amide bonds. The Bertz CT molecular complexity index is 548. The van der Waals surface area contributed by atoms with Crippen LogP contribution in [-0.2, 0) is 0 Å². The molecule has 1 atom stereocenters. The number of carbonyl (C=O) groups is 1. The first kappa shape index (κ1) is 17.3. The first-order valence-corrected chi connectivity index (χ1v) is 6.67. The normalized spacial score (nSPS) is 20.7. The Morgan fingerprint density at radius 3 is 2.48 bits per heavy atom. The molecule has 0 aliphatic carbocycles. The van der Waals surface area contributed by atoms with Crippen molar-refractivity contribution in [2.75, 3.05) is 18.4 Å². The molecule has 1 fully saturated rings. The highest BCUT2D eigenvalue weighted by atomic mass is 19.4. The minimum atomic E-state index is -4.81. The van der Waals surface area contributed by atoms with Crippen molar-refractivity contribution in [2.24, 2.45) is 0 Å². The topological polar surface area (TPSA) is 62.4 Å². The van der Waals surface area contributed by atoms with Gasteiger partial charge in [0.1, 0.15) is 5.75 Å². The van der Waals surface area contributed by atoms with E-state index in [9.17, 15) is 26.7 Å². The lowest BCUT2D eigenvalue weighted by Crippen LogP contribution is -2.57.